The number of halogens is 1. The molecule has 0 rings (SSSR count). The van der Waals surface area contributed by atoms with E-state index in [1.807, 2.05) is 13.2 Å². The molecule has 4 heteroatoms. The topological polar surface area (TPSA) is 29.1 Å². The average molecular weight is 210 g/mol. The van der Waals surface area contributed by atoms with Crippen LogP contribution in [-0.2, 0) is 4.79 Å². The van der Waals surface area contributed by atoms with E-state index in [4.69, 9.17) is 11.6 Å². The Morgan fingerprint density at radius 3 is 2.83 bits per heavy atom. The quantitative estimate of drug-likeness (QED) is 0.677. The van der Waals surface area contributed by atoms with E-state index in [-0.39, 0.29) is 11.3 Å². The molecule has 0 radical (unpaired) electrons. The van der Waals surface area contributed by atoms with E-state index in [0.29, 0.717) is 13.0 Å². The predicted octanol–water partition coefficient (Wildman–Crippen LogP) is 1.87. The molecule has 12 heavy (non-hydrogen) atoms. The van der Waals surface area contributed by atoms with Gasteiger partial charge in [0.25, 0.3) is 0 Å². The molecule has 72 valence electrons. The van der Waals surface area contributed by atoms with Crippen LogP contribution in [0, 0.1) is 0 Å². The molecule has 0 bridgehead atoms. The maximum absolute atomic E-state index is 11.0. The Hall–Kier alpha value is 0.110. The van der Waals surface area contributed by atoms with Gasteiger partial charge < -0.3 is 5.32 Å². The fraction of sp³-hybridized carbons (Fsp3) is 0.875. The zero-order chi connectivity index (χ0) is 9.40. The van der Waals surface area contributed by atoms with Crippen LogP contribution in [0.3, 0.4) is 0 Å². The molecule has 0 aliphatic rings. The van der Waals surface area contributed by atoms with Crippen molar-refractivity contribution in [2.24, 2.45) is 0 Å². The molecule has 0 aliphatic heterocycles. The zero-order valence-corrected chi connectivity index (χ0v) is 9.17. The van der Waals surface area contributed by atoms with Gasteiger partial charge in [0.2, 0.25) is 5.91 Å². The van der Waals surface area contributed by atoms with Crippen LogP contribution in [0.15, 0.2) is 0 Å². The second-order valence-corrected chi connectivity index (χ2v) is 4.16. The third-order valence-corrected chi connectivity index (χ3v) is 2.57. The summed E-state index contributed by atoms with van der Waals surface area (Å²) >= 11 is 7.50. The fourth-order valence-electron chi connectivity index (χ4n) is 0.652. The summed E-state index contributed by atoms with van der Waals surface area (Å²) in [7, 11) is 0. The van der Waals surface area contributed by atoms with E-state index in [0.717, 1.165) is 12.2 Å². The molecule has 1 N–H and O–H groups in total. The summed E-state index contributed by atoms with van der Waals surface area (Å²) in [5.74, 6) is 0.980. The number of rotatable bonds is 6. The van der Waals surface area contributed by atoms with E-state index in [1.165, 1.54) is 0 Å². The van der Waals surface area contributed by atoms with Gasteiger partial charge in [-0.1, -0.05) is 6.92 Å². The first kappa shape index (κ1) is 12.1. The highest BCUT2D eigenvalue weighted by molar-refractivity contribution is 7.98. The number of thioether (sulfide) groups is 1. The van der Waals surface area contributed by atoms with Gasteiger partial charge in [0.05, 0.1) is 5.38 Å². The average Bonchev–Trinajstić information content (AvgIpc) is 2.10. The van der Waals surface area contributed by atoms with E-state index in [1.54, 1.807) is 11.8 Å². The summed E-state index contributed by atoms with van der Waals surface area (Å²) in [5, 5.41) is 2.86. The van der Waals surface area contributed by atoms with E-state index < -0.39 is 0 Å². The maximum atomic E-state index is 11.0. The van der Waals surface area contributed by atoms with Crippen molar-refractivity contribution in [1.82, 2.24) is 5.32 Å². The molecular weight excluding hydrogens is 194 g/mol. The van der Waals surface area contributed by atoms with Gasteiger partial charge in [-0.05, 0) is 12.7 Å². The summed E-state index contributed by atoms with van der Waals surface area (Å²) in [6.07, 6.45) is 3.47. The van der Waals surface area contributed by atoms with Crippen LogP contribution in [0.4, 0.5) is 0 Å². The van der Waals surface area contributed by atoms with Gasteiger partial charge in [-0.15, -0.1) is 11.6 Å². The Balaban J connectivity index is 3.31. The van der Waals surface area contributed by atoms with Crippen molar-refractivity contribution in [2.45, 2.75) is 25.1 Å². The number of alkyl halides is 1. The van der Waals surface area contributed by atoms with Gasteiger partial charge in [-0.3, -0.25) is 4.79 Å². The molecular formula is C8H16ClNOS. The lowest BCUT2D eigenvalue weighted by atomic mass is 10.3. The minimum absolute atomic E-state index is 0.0724. The SMILES string of the molecule is CCC(Cl)CNC(=O)CCSC. The first-order valence-electron chi connectivity index (χ1n) is 4.10. The van der Waals surface area contributed by atoms with Gasteiger partial charge in [0.15, 0.2) is 0 Å². The van der Waals surface area contributed by atoms with Crippen LogP contribution in [0.2, 0.25) is 0 Å². The number of nitrogens with one attached hydrogen (secondary N) is 1. The van der Waals surface area contributed by atoms with Crippen molar-refractivity contribution in [3.63, 3.8) is 0 Å². The largest absolute Gasteiger partial charge is 0.355 e. The van der Waals surface area contributed by atoms with E-state index >= 15 is 0 Å². The molecule has 0 aromatic rings. The lowest BCUT2D eigenvalue weighted by Gasteiger charge is -2.07. The standard InChI is InChI=1S/C8H16ClNOS/c1-3-7(9)6-10-8(11)4-5-12-2/h7H,3-6H2,1-2H3,(H,10,11). The van der Waals surface area contributed by atoms with Crippen molar-refractivity contribution in [3.05, 3.63) is 0 Å². The van der Waals surface area contributed by atoms with Crippen molar-refractivity contribution < 1.29 is 4.79 Å². The zero-order valence-electron chi connectivity index (χ0n) is 7.60. The van der Waals surface area contributed by atoms with Crippen LogP contribution >= 0.6 is 23.4 Å². The highest BCUT2D eigenvalue weighted by Crippen LogP contribution is 1.99. The van der Waals surface area contributed by atoms with Crippen molar-refractivity contribution >= 4 is 29.3 Å². The summed E-state index contributed by atoms with van der Waals surface area (Å²) in [6.45, 7) is 2.59. The molecule has 1 amide bonds. The Morgan fingerprint density at radius 2 is 2.33 bits per heavy atom. The third-order valence-electron chi connectivity index (χ3n) is 1.50. The molecule has 0 spiro atoms. The summed E-state index contributed by atoms with van der Waals surface area (Å²) in [4.78, 5) is 11.0. The lowest BCUT2D eigenvalue weighted by molar-refractivity contribution is -0.120. The van der Waals surface area contributed by atoms with Crippen molar-refractivity contribution in [1.29, 1.82) is 0 Å². The molecule has 0 aromatic carbocycles. The Bertz CT molecular complexity index is 132. The number of amides is 1. The molecule has 0 saturated heterocycles. The van der Waals surface area contributed by atoms with E-state index in [2.05, 4.69) is 5.32 Å². The molecule has 1 atom stereocenters. The molecule has 0 aliphatic carbocycles. The first-order chi connectivity index (χ1) is 5.70. The Labute approximate surface area is 83.4 Å². The molecule has 0 aromatic heterocycles. The minimum atomic E-state index is 0.0724. The normalized spacial score (nSPS) is 12.6. The Kier molecular flexibility index (Phi) is 7.81. The predicted molar refractivity (Wildman–Crippen MR) is 55.9 cm³/mol. The summed E-state index contributed by atoms with van der Waals surface area (Å²) in [6, 6.07) is 0. The van der Waals surface area contributed by atoms with Crippen LogP contribution in [0.1, 0.15) is 19.8 Å². The highest BCUT2D eigenvalue weighted by atomic mass is 35.5. The van der Waals surface area contributed by atoms with Gasteiger partial charge in [0.1, 0.15) is 0 Å². The molecule has 1 unspecified atom stereocenters. The minimum Gasteiger partial charge on any atom is -0.355 e. The van der Waals surface area contributed by atoms with Crippen molar-refractivity contribution in [3.8, 4) is 0 Å². The molecule has 0 heterocycles. The monoisotopic (exact) mass is 209 g/mol. The number of carbonyl (C=O) groups is 1. The number of hydrogen-bond acceptors (Lipinski definition) is 2. The molecule has 0 fully saturated rings. The van der Waals surface area contributed by atoms with Gasteiger partial charge in [-0.2, -0.15) is 11.8 Å². The van der Waals surface area contributed by atoms with Crippen LogP contribution in [0.5, 0.6) is 0 Å². The second-order valence-electron chi connectivity index (χ2n) is 2.55. The molecule has 2 nitrogen and oxygen atoms in total. The van der Waals surface area contributed by atoms with Crippen LogP contribution < -0.4 is 5.32 Å². The van der Waals surface area contributed by atoms with E-state index in [9.17, 15) is 4.79 Å². The fourth-order valence-corrected chi connectivity index (χ4v) is 1.12. The van der Waals surface area contributed by atoms with Crippen LogP contribution in [-0.4, -0.2) is 29.8 Å². The van der Waals surface area contributed by atoms with Crippen molar-refractivity contribution in [2.75, 3.05) is 18.6 Å². The van der Waals surface area contributed by atoms with Gasteiger partial charge in [0, 0.05) is 18.7 Å². The van der Waals surface area contributed by atoms with Gasteiger partial charge in [-0.25, -0.2) is 0 Å². The number of carbonyl (C=O) groups excluding carboxylic acids is 1. The third kappa shape index (κ3) is 6.80. The Morgan fingerprint density at radius 1 is 1.67 bits per heavy atom. The lowest BCUT2D eigenvalue weighted by Crippen LogP contribution is -2.29. The molecule has 0 saturated carbocycles. The summed E-state index contributed by atoms with van der Waals surface area (Å²) < 4.78 is 0. The number of hydrogen-bond donors (Lipinski definition) is 1. The van der Waals surface area contributed by atoms with Gasteiger partial charge >= 0.3 is 0 Å². The van der Waals surface area contributed by atoms with Crippen LogP contribution in [0.25, 0.3) is 0 Å². The highest BCUT2D eigenvalue weighted by Gasteiger charge is 2.03. The smallest absolute Gasteiger partial charge is 0.220 e. The first-order valence-corrected chi connectivity index (χ1v) is 5.93. The summed E-state index contributed by atoms with van der Waals surface area (Å²) in [5.41, 5.74) is 0. The maximum Gasteiger partial charge on any atom is 0.220 e. The second kappa shape index (κ2) is 7.74.